The van der Waals surface area contributed by atoms with E-state index in [-0.39, 0.29) is 30.8 Å². The van der Waals surface area contributed by atoms with Crippen LogP contribution < -0.4 is 9.62 Å². The molecule has 0 aliphatic carbocycles. The molecule has 0 unspecified atom stereocenters. The maximum absolute atomic E-state index is 14.2. The van der Waals surface area contributed by atoms with Crippen molar-refractivity contribution in [2.24, 2.45) is 0 Å². The van der Waals surface area contributed by atoms with E-state index in [1.807, 2.05) is 70.2 Å². The molecule has 7 nitrogen and oxygen atoms in total. The molecule has 42 heavy (non-hydrogen) atoms. The average Bonchev–Trinajstić information content (AvgIpc) is 2.94. The van der Waals surface area contributed by atoms with E-state index < -0.39 is 28.5 Å². The van der Waals surface area contributed by atoms with Gasteiger partial charge in [0, 0.05) is 34.6 Å². The van der Waals surface area contributed by atoms with Crippen LogP contribution in [0.1, 0.15) is 56.7 Å². The number of halogens is 2. The highest BCUT2D eigenvalue weighted by Gasteiger charge is 2.34. The number of anilines is 1. The number of benzene rings is 3. The minimum Gasteiger partial charge on any atom is -0.352 e. The lowest BCUT2D eigenvalue weighted by molar-refractivity contribution is -0.140. The monoisotopic (exact) mass is 631 g/mol. The second-order valence-electron chi connectivity index (χ2n) is 10.8. The van der Waals surface area contributed by atoms with Crippen molar-refractivity contribution in [2.75, 3.05) is 17.1 Å². The maximum Gasteiger partial charge on any atom is 0.244 e. The zero-order chi connectivity index (χ0) is 31.0. The Morgan fingerprint density at radius 1 is 0.881 bits per heavy atom. The van der Waals surface area contributed by atoms with Crippen LogP contribution in [0.4, 0.5) is 5.69 Å². The molecule has 0 fully saturated rings. The number of hydrogen-bond donors (Lipinski definition) is 1. The number of nitrogens with one attached hydrogen (secondary N) is 1. The molecule has 0 aliphatic heterocycles. The number of amides is 2. The van der Waals surface area contributed by atoms with Crippen molar-refractivity contribution in [3.63, 3.8) is 0 Å². The van der Waals surface area contributed by atoms with Gasteiger partial charge in [0.25, 0.3) is 0 Å². The van der Waals surface area contributed by atoms with Gasteiger partial charge in [0.05, 0.1) is 11.9 Å². The van der Waals surface area contributed by atoms with Crippen LogP contribution in [0.15, 0.2) is 72.8 Å². The number of rotatable bonds is 13. The standard InChI is InChI=1S/C32H39Cl2N3O4S/c1-6-23(4)35-32(39)30(19-24-11-8-7-9-12-24)36(20-27-28(33)13-10-14-29(27)34)31(38)21-37(42(5,40)41)26-17-15-25(16-18-26)22(2)3/h7-18,22-23,30H,6,19-21H2,1-5H3,(H,35,39)/t23-,30-/m1/s1. The Bertz CT molecular complexity index is 1440. The van der Waals surface area contributed by atoms with Crippen molar-refractivity contribution in [2.45, 2.75) is 65.1 Å². The predicted octanol–water partition coefficient (Wildman–Crippen LogP) is 6.44. The lowest BCUT2D eigenvalue weighted by atomic mass is 10.0. The summed E-state index contributed by atoms with van der Waals surface area (Å²) >= 11 is 13.0. The van der Waals surface area contributed by atoms with Gasteiger partial charge < -0.3 is 10.2 Å². The van der Waals surface area contributed by atoms with Crippen molar-refractivity contribution in [3.05, 3.63) is 99.5 Å². The SMILES string of the molecule is CC[C@@H](C)NC(=O)[C@@H](Cc1ccccc1)N(Cc1c(Cl)cccc1Cl)C(=O)CN(c1ccc(C(C)C)cc1)S(C)(=O)=O. The Morgan fingerprint density at radius 2 is 1.48 bits per heavy atom. The van der Waals surface area contributed by atoms with Gasteiger partial charge in [-0.2, -0.15) is 0 Å². The van der Waals surface area contributed by atoms with Crippen molar-refractivity contribution in [1.82, 2.24) is 10.2 Å². The van der Waals surface area contributed by atoms with E-state index in [0.29, 0.717) is 27.7 Å². The zero-order valence-electron chi connectivity index (χ0n) is 24.7. The van der Waals surface area contributed by atoms with Crippen LogP contribution in [0, 0.1) is 0 Å². The number of hydrogen-bond acceptors (Lipinski definition) is 4. The van der Waals surface area contributed by atoms with E-state index in [4.69, 9.17) is 23.2 Å². The molecule has 2 atom stereocenters. The van der Waals surface area contributed by atoms with E-state index in [1.165, 1.54) is 4.90 Å². The molecule has 0 aromatic heterocycles. The van der Waals surface area contributed by atoms with Gasteiger partial charge in [0.15, 0.2) is 0 Å². The molecule has 10 heteroatoms. The zero-order valence-corrected chi connectivity index (χ0v) is 27.0. The molecule has 3 aromatic rings. The van der Waals surface area contributed by atoms with Crippen LogP contribution in [0.3, 0.4) is 0 Å². The predicted molar refractivity (Wildman–Crippen MR) is 172 cm³/mol. The summed E-state index contributed by atoms with van der Waals surface area (Å²) in [7, 11) is -3.86. The van der Waals surface area contributed by atoms with Gasteiger partial charge in [-0.3, -0.25) is 13.9 Å². The second-order valence-corrected chi connectivity index (χ2v) is 13.5. The van der Waals surface area contributed by atoms with Crippen molar-refractivity contribution in [3.8, 4) is 0 Å². The summed E-state index contributed by atoms with van der Waals surface area (Å²) in [5.74, 6) is -0.660. The first kappa shape index (κ1) is 33.4. The second kappa shape index (κ2) is 14.9. The van der Waals surface area contributed by atoms with Crippen LogP contribution in [0.5, 0.6) is 0 Å². The van der Waals surface area contributed by atoms with Crippen LogP contribution in [0.2, 0.25) is 10.0 Å². The Balaban J connectivity index is 2.10. The fourth-order valence-electron chi connectivity index (χ4n) is 4.49. The van der Waals surface area contributed by atoms with E-state index in [9.17, 15) is 18.0 Å². The molecule has 226 valence electrons. The molecular formula is C32H39Cl2N3O4S. The molecule has 0 saturated heterocycles. The van der Waals surface area contributed by atoms with Crippen LogP contribution in [0.25, 0.3) is 0 Å². The summed E-state index contributed by atoms with van der Waals surface area (Å²) in [6, 6.07) is 20.4. The summed E-state index contributed by atoms with van der Waals surface area (Å²) in [6.07, 6.45) is 1.96. The highest BCUT2D eigenvalue weighted by atomic mass is 35.5. The van der Waals surface area contributed by atoms with Crippen molar-refractivity contribution in [1.29, 1.82) is 0 Å². The first-order chi connectivity index (χ1) is 19.8. The lowest BCUT2D eigenvalue weighted by Gasteiger charge is -2.34. The lowest BCUT2D eigenvalue weighted by Crippen LogP contribution is -2.54. The molecule has 3 rings (SSSR count). The number of carbonyl (C=O) groups is 2. The van der Waals surface area contributed by atoms with Crippen LogP contribution in [-0.2, 0) is 32.6 Å². The van der Waals surface area contributed by atoms with E-state index in [0.717, 1.165) is 21.7 Å². The van der Waals surface area contributed by atoms with Crippen LogP contribution >= 0.6 is 23.2 Å². The number of nitrogens with zero attached hydrogens (tertiary/aromatic N) is 2. The number of carbonyl (C=O) groups excluding carboxylic acids is 2. The van der Waals surface area contributed by atoms with Gasteiger partial charge in [-0.15, -0.1) is 0 Å². The largest absolute Gasteiger partial charge is 0.352 e. The normalized spacial score (nSPS) is 13.0. The van der Waals surface area contributed by atoms with E-state index in [2.05, 4.69) is 5.32 Å². The molecule has 0 spiro atoms. The molecule has 0 bridgehead atoms. The molecular weight excluding hydrogens is 593 g/mol. The van der Waals surface area contributed by atoms with Gasteiger partial charge in [0.2, 0.25) is 21.8 Å². The average molecular weight is 633 g/mol. The van der Waals surface area contributed by atoms with Gasteiger partial charge >= 0.3 is 0 Å². The molecule has 1 N–H and O–H groups in total. The first-order valence-corrected chi connectivity index (χ1v) is 16.6. The summed E-state index contributed by atoms with van der Waals surface area (Å²) in [5, 5.41) is 3.68. The molecule has 0 aliphatic rings. The van der Waals surface area contributed by atoms with Crippen LogP contribution in [-0.4, -0.2) is 50.0 Å². The van der Waals surface area contributed by atoms with Gasteiger partial charge in [-0.05, 0) is 54.7 Å². The molecule has 3 aromatic carbocycles. The highest BCUT2D eigenvalue weighted by Crippen LogP contribution is 2.28. The van der Waals surface area contributed by atoms with Crippen molar-refractivity contribution >= 4 is 50.7 Å². The summed E-state index contributed by atoms with van der Waals surface area (Å²) in [4.78, 5) is 29.4. The molecule has 0 saturated carbocycles. The van der Waals surface area contributed by atoms with Gasteiger partial charge in [-0.25, -0.2) is 8.42 Å². The quantitative estimate of drug-likeness (QED) is 0.235. The smallest absolute Gasteiger partial charge is 0.244 e. The number of sulfonamides is 1. The molecule has 2 amide bonds. The van der Waals surface area contributed by atoms with E-state index in [1.54, 1.807) is 30.3 Å². The topological polar surface area (TPSA) is 86.8 Å². The first-order valence-electron chi connectivity index (χ1n) is 14.0. The Labute approximate surface area is 259 Å². The third kappa shape index (κ3) is 8.96. The fourth-order valence-corrected chi connectivity index (χ4v) is 5.85. The maximum atomic E-state index is 14.2. The molecule has 0 radical (unpaired) electrons. The van der Waals surface area contributed by atoms with Gasteiger partial charge in [0.1, 0.15) is 12.6 Å². The highest BCUT2D eigenvalue weighted by molar-refractivity contribution is 7.92. The summed E-state index contributed by atoms with van der Waals surface area (Å²) in [5.41, 5.74) is 2.71. The Kier molecular flexibility index (Phi) is 11.9. The minimum absolute atomic E-state index is 0.0906. The third-order valence-corrected chi connectivity index (χ3v) is 9.04. The Morgan fingerprint density at radius 3 is 2.00 bits per heavy atom. The summed E-state index contributed by atoms with van der Waals surface area (Å²) < 4.78 is 27.0. The van der Waals surface area contributed by atoms with Crippen molar-refractivity contribution < 1.29 is 18.0 Å². The third-order valence-electron chi connectivity index (χ3n) is 7.19. The van der Waals surface area contributed by atoms with Gasteiger partial charge in [-0.1, -0.05) is 92.5 Å². The minimum atomic E-state index is -3.86. The Hall–Kier alpha value is -3.07. The van der Waals surface area contributed by atoms with E-state index >= 15 is 0 Å². The fraction of sp³-hybridized carbons (Fsp3) is 0.375. The summed E-state index contributed by atoms with van der Waals surface area (Å²) in [6.45, 7) is 7.33. The molecule has 0 heterocycles.